The van der Waals surface area contributed by atoms with Crippen molar-refractivity contribution in [3.05, 3.63) is 88.4 Å². The van der Waals surface area contributed by atoms with Gasteiger partial charge < -0.3 is 20.5 Å². The van der Waals surface area contributed by atoms with Gasteiger partial charge in [-0.05, 0) is 60.2 Å². The fraction of sp³-hybridized carbons (Fsp3) is 0.0909. The number of nitrogen functional groups attached to an aromatic ring is 1. The summed E-state index contributed by atoms with van der Waals surface area (Å²) in [6.45, 7) is 0.0568. The lowest BCUT2D eigenvalue weighted by Crippen LogP contribution is -2.12. The summed E-state index contributed by atoms with van der Waals surface area (Å²) in [5, 5.41) is 3.25. The number of nitrogens with two attached hydrogens (primary N) is 1. The molecule has 0 radical (unpaired) electrons. The minimum atomic E-state index is -0.541. The molecule has 0 aromatic heterocycles. The number of carbonyl (C=O) groups excluding carboxylic acids is 2. The molecule has 0 saturated heterocycles. The van der Waals surface area contributed by atoms with Crippen LogP contribution in [0, 0.1) is 0 Å². The van der Waals surface area contributed by atoms with E-state index in [0.717, 1.165) is 5.56 Å². The molecule has 29 heavy (non-hydrogen) atoms. The maximum absolute atomic E-state index is 12.3. The Morgan fingerprint density at radius 2 is 1.69 bits per heavy atom. The molecule has 0 unspecified atom stereocenters. The van der Waals surface area contributed by atoms with Gasteiger partial charge in [0.15, 0.2) is 0 Å². The van der Waals surface area contributed by atoms with Crippen LogP contribution in [0.2, 0.25) is 5.02 Å². The van der Waals surface area contributed by atoms with Gasteiger partial charge in [0, 0.05) is 22.0 Å². The van der Waals surface area contributed by atoms with Gasteiger partial charge in [-0.15, -0.1) is 0 Å². The molecule has 0 atom stereocenters. The van der Waals surface area contributed by atoms with E-state index in [1.807, 2.05) is 0 Å². The van der Waals surface area contributed by atoms with E-state index in [1.165, 1.54) is 12.1 Å². The number of nitrogens with one attached hydrogen (secondary N) is 1. The van der Waals surface area contributed by atoms with Gasteiger partial charge in [0.25, 0.3) is 5.91 Å². The number of carbonyl (C=O) groups is 2. The van der Waals surface area contributed by atoms with E-state index in [-0.39, 0.29) is 23.8 Å². The van der Waals surface area contributed by atoms with E-state index in [4.69, 9.17) is 26.8 Å². The molecule has 6 nitrogen and oxygen atoms in total. The number of ether oxygens (including phenoxy) is 2. The third-order valence-electron chi connectivity index (χ3n) is 4.17. The summed E-state index contributed by atoms with van der Waals surface area (Å²) in [7, 11) is 1.58. The van der Waals surface area contributed by atoms with Gasteiger partial charge in [-0.2, -0.15) is 0 Å². The van der Waals surface area contributed by atoms with Crippen molar-refractivity contribution in [3.8, 4) is 5.75 Å². The van der Waals surface area contributed by atoms with Crippen molar-refractivity contribution in [1.82, 2.24) is 0 Å². The van der Waals surface area contributed by atoms with E-state index in [0.29, 0.717) is 22.0 Å². The van der Waals surface area contributed by atoms with Crippen molar-refractivity contribution < 1.29 is 19.1 Å². The lowest BCUT2D eigenvalue weighted by atomic mass is 10.1. The van der Waals surface area contributed by atoms with Gasteiger partial charge in [0.2, 0.25) is 0 Å². The van der Waals surface area contributed by atoms with Crippen LogP contribution < -0.4 is 15.8 Å². The van der Waals surface area contributed by atoms with Gasteiger partial charge in [-0.1, -0.05) is 23.7 Å². The van der Waals surface area contributed by atoms with Gasteiger partial charge in [-0.3, -0.25) is 4.79 Å². The fourth-order valence-corrected chi connectivity index (χ4v) is 2.76. The highest BCUT2D eigenvalue weighted by atomic mass is 35.5. The minimum Gasteiger partial charge on any atom is -0.497 e. The molecule has 3 aromatic carbocycles. The number of hydrogen-bond acceptors (Lipinski definition) is 5. The summed E-state index contributed by atoms with van der Waals surface area (Å²) in [5.41, 5.74) is 8.19. The largest absolute Gasteiger partial charge is 0.497 e. The molecule has 0 aliphatic heterocycles. The Balaban J connectivity index is 1.57. The number of rotatable bonds is 6. The Bertz CT molecular complexity index is 1020. The van der Waals surface area contributed by atoms with Crippen LogP contribution >= 0.6 is 11.6 Å². The van der Waals surface area contributed by atoms with Crippen LogP contribution in [-0.2, 0) is 11.3 Å². The van der Waals surface area contributed by atoms with E-state index in [2.05, 4.69) is 5.32 Å². The SMILES string of the molecule is COc1ccc(NC(=O)c2ccc(COC(=O)c3ccc(Cl)cc3N)cc2)cc1. The minimum absolute atomic E-state index is 0.0568. The Morgan fingerprint density at radius 1 is 1.00 bits per heavy atom. The molecule has 148 valence electrons. The van der Waals surface area contributed by atoms with Crippen LogP contribution in [0.4, 0.5) is 11.4 Å². The molecule has 0 aliphatic rings. The Hall–Kier alpha value is -3.51. The van der Waals surface area contributed by atoms with Crippen LogP contribution in [0.15, 0.2) is 66.7 Å². The highest BCUT2D eigenvalue weighted by Crippen LogP contribution is 2.20. The molecular weight excluding hydrogens is 392 g/mol. The van der Waals surface area contributed by atoms with Gasteiger partial charge in [0.1, 0.15) is 12.4 Å². The van der Waals surface area contributed by atoms with Gasteiger partial charge in [0.05, 0.1) is 12.7 Å². The van der Waals surface area contributed by atoms with Crippen molar-refractivity contribution >= 4 is 34.9 Å². The summed E-state index contributed by atoms with van der Waals surface area (Å²) in [6.07, 6.45) is 0. The standard InChI is InChI=1S/C22H19ClN2O4/c1-28-18-9-7-17(8-10-18)25-21(26)15-4-2-14(3-5-15)13-29-22(27)19-11-6-16(23)12-20(19)24/h2-12H,13,24H2,1H3,(H,25,26). The second-order valence-corrected chi connectivity index (χ2v) is 6.62. The molecule has 0 spiro atoms. The molecular formula is C22H19ClN2O4. The number of benzene rings is 3. The second-order valence-electron chi connectivity index (χ2n) is 6.19. The van der Waals surface area contributed by atoms with Crippen molar-refractivity contribution in [2.24, 2.45) is 0 Å². The first kappa shape index (κ1) is 20.2. The van der Waals surface area contributed by atoms with E-state index in [9.17, 15) is 9.59 Å². The number of amides is 1. The van der Waals surface area contributed by atoms with Crippen LogP contribution in [0.1, 0.15) is 26.3 Å². The smallest absolute Gasteiger partial charge is 0.340 e. The molecule has 3 N–H and O–H groups in total. The number of anilines is 2. The molecule has 0 bridgehead atoms. The normalized spacial score (nSPS) is 10.3. The highest BCUT2D eigenvalue weighted by Gasteiger charge is 2.12. The third-order valence-corrected chi connectivity index (χ3v) is 4.40. The average molecular weight is 411 g/mol. The third kappa shape index (κ3) is 5.27. The maximum atomic E-state index is 12.3. The Labute approximate surface area is 173 Å². The van der Waals surface area contributed by atoms with E-state index < -0.39 is 5.97 Å². The van der Waals surface area contributed by atoms with E-state index >= 15 is 0 Å². The first-order valence-corrected chi connectivity index (χ1v) is 9.10. The summed E-state index contributed by atoms with van der Waals surface area (Å²) >= 11 is 5.83. The van der Waals surface area contributed by atoms with E-state index in [1.54, 1.807) is 61.7 Å². The predicted octanol–water partition coefficient (Wildman–Crippen LogP) is 4.54. The molecule has 0 saturated carbocycles. The Kier molecular flexibility index (Phi) is 6.36. The summed E-state index contributed by atoms with van der Waals surface area (Å²) < 4.78 is 10.4. The van der Waals surface area contributed by atoms with Crippen molar-refractivity contribution in [2.75, 3.05) is 18.2 Å². The summed E-state index contributed by atoms with van der Waals surface area (Å²) in [4.78, 5) is 24.5. The highest BCUT2D eigenvalue weighted by molar-refractivity contribution is 6.31. The molecule has 0 heterocycles. The van der Waals surface area contributed by atoms with Gasteiger partial charge >= 0.3 is 5.97 Å². The number of esters is 1. The van der Waals surface area contributed by atoms with Crippen LogP contribution in [0.25, 0.3) is 0 Å². The summed E-state index contributed by atoms with van der Waals surface area (Å²) in [6, 6.07) is 18.4. The number of halogens is 1. The second kappa shape index (κ2) is 9.12. The first-order chi connectivity index (χ1) is 14.0. The molecule has 0 fully saturated rings. The predicted molar refractivity (Wildman–Crippen MR) is 112 cm³/mol. The Morgan fingerprint density at radius 3 is 2.31 bits per heavy atom. The molecule has 1 amide bonds. The quantitative estimate of drug-likeness (QED) is 0.460. The topological polar surface area (TPSA) is 90.6 Å². The lowest BCUT2D eigenvalue weighted by Gasteiger charge is -2.09. The number of methoxy groups -OCH3 is 1. The monoisotopic (exact) mass is 410 g/mol. The maximum Gasteiger partial charge on any atom is 0.340 e. The average Bonchev–Trinajstić information content (AvgIpc) is 2.73. The van der Waals surface area contributed by atoms with Crippen LogP contribution in [0.3, 0.4) is 0 Å². The van der Waals surface area contributed by atoms with Crippen LogP contribution in [-0.4, -0.2) is 19.0 Å². The summed E-state index contributed by atoms with van der Waals surface area (Å²) in [5.74, 6) is -0.0737. The zero-order chi connectivity index (χ0) is 20.8. The fourth-order valence-electron chi connectivity index (χ4n) is 2.58. The molecule has 7 heteroatoms. The lowest BCUT2D eigenvalue weighted by molar-refractivity contribution is 0.0474. The number of hydrogen-bond donors (Lipinski definition) is 2. The molecule has 0 aliphatic carbocycles. The van der Waals surface area contributed by atoms with Crippen molar-refractivity contribution in [2.45, 2.75) is 6.61 Å². The molecule has 3 aromatic rings. The van der Waals surface area contributed by atoms with Crippen LogP contribution in [0.5, 0.6) is 5.75 Å². The van der Waals surface area contributed by atoms with Gasteiger partial charge in [-0.25, -0.2) is 4.79 Å². The van der Waals surface area contributed by atoms with Crippen molar-refractivity contribution in [3.63, 3.8) is 0 Å². The van der Waals surface area contributed by atoms with Crippen molar-refractivity contribution in [1.29, 1.82) is 0 Å². The molecule has 3 rings (SSSR count). The first-order valence-electron chi connectivity index (χ1n) is 8.73. The zero-order valence-corrected chi connectivity index (χ0v) is 16.4. The zero-order valence-electron chi connectivity index (χ0n) is 15.6.